The molecule has 0 amide bonds. The number of aliphatic imine (C=N–C) groups is 1. The van der Waals surface area contributed by atoms with Crippen molar-refractivity contribution in [1.82, 2.24) is 20.4 Å². The molecule has 0 atom stereocenters. The van der Waals surface area contributed by atoms with E-state index in [0.717, 1.165) is 37.6 Å². The summed E-state index contributed by atoms with van der Waals surface area (Å²) in [6.45, 7) is 8.11. The van der Waals surface area contributed by atoms with Gasteiger partial charge in [0.15, 0.2) is 5.96 Å². The molecule has 1 aromatic carbocycles. The minimum atomic E-state index is 0.681. The second kappa shape index (κ2) is 11.3. The number of nitrogens with one attached hydrogen (secondary N) is 2. The second-order valence-corrected chi connectivity index (χ2v) is 6.68. The molecule has 0 fully saturated rings. The van der Waals surface area contributed by atoms with Crippen molar-refractivity contribution in [2.45, 2.75) is 33.4 Å². The molecule has 142 valence electrons. The molecule has 0 spiro atoms. The molecule has 0 aliphatic heterocycles. The molecular weight excluding hydrogens is 326 g/mol. The fourth-order valence-corrected chi connectivity index (χ4v) is 2.42. The summed E-state index contributed by atoms with van der Waals surface area (Å²) in [5, 5.41) is 11.0. The summed E-state index contributed by atoms with van der Waals surface area (Å²) in [5.41, 5.74) is 2.36. The zero-order valence-electron chi connectivity index (χ0n) is 16.1. The predicted octanol–water partition coefficient (Wildman–Crippen LogP) is 2.66. The maximum absolute atomic E-state index is 5.60. The monoisotopic (exact) mass is 357 g/mol. The van der Waals surface area contributed by atoms with Crippen molar-refractivity contribution in [3.05, 3.63) is 53.9 Å². The van der Waals surface area contributed by atoms with Gasteiger partial charge in [0.05, 0.1) is 19.3 Å². The lowest BCUT2D eigenvalue weighted by Crippen LogP contribution is -2.38. The number of hydrogen-bond donors (Lipinski definition) is 2. The Morgan fingerprint density at radius 1 is 1.15 bits per heavy atom. The van der Waals surface area contributed by atoms with Gasteiger partial charge in [-0.25, -0.2) is 0 Å². The number of hydrogen-bond acceptors (Lipinski definition) is 3. The van der Waals surface area contributed by atoms with E-state index in [1.165, 1.54) is 5.56 Å². The fraction of sp³-hybridized carbons (Fsp3) is 0.500. The Labute approximate surface area is 156 Å². The van der Waals surface area contributed by atoms with E-state index in [4.69, 9.17) is 4.74 Å². The van der Waals surface area contributed by atoms with Crippen LogP contribution in [-0.2, 0) is 17.8 Å². The summed E-state index contributed by atoms with van der Waals surface area (Å²) in [7, 11) is 1.77. The lowest BCUT2D eigenvalue weighted by Gasteiger charge is -2.11. The molecule has 1 aromatic heterocycles. The van der Waals surface area contributed by atoms with Crippen LogP contribution >= 0.6 is 0 Å². The molecule has 1 heterocycles. The smallest absolute Gasteiger partial charge is 0.191 e. The van der Waals surface area contributed by atoms with Gasteiger partial charge in [-0.2, -0.15) is 5.10 Å². The van der Waals surface area contributed by atoms with E-state index in [9.17, 15) is 0 Å². The number of benzene rings is 1. The highest BCUT2D eigenvalue weighted by Gasteiger charge is 2.02. The number of aromatic nitrogens is 2. The maximum Gasteiger partial charge on any atom is 0.191 e. The standard InChI is InChI=1S/C20H31N5O/c1-17(2)9-11-26-12-10-22-20(21-3)23-13-19-14-24-25(16-19)15-18-7-5-4-6-8-18/h4-8,14,16-17H,9-13,15H2,1-3H3,(H2,21,22,23). The van der Waals surface area contributed by atoms with Crippen LogP contribution in [0.3, 0.4) is 0 Å². The van der Waals surface area contributed by atoms with Crippen LogP contribution < -0.4 is 10.6 Å². The van der Waals surface area contributed by atoms with Gasteiger partial charge in [0.25, 0.3) is 0 Å². The zero-order valence-corrected chi connectivity index (χ0v) is 16.1. The SMILES string of the molecule is CN=C(NCCOCCC(C)C)NCc1cnn(Cc2ccccc2)c1. The quantitative estimate of drug-likeness (QED) is 0.390. The van der Waals surface area contributed by atoms with Gasteiger partial charge < -0.3 is 15.4 Å². The average Bonchev–Trinajstić information content (AvgIpc) is 3.08. The van der Waals surface area contributed by atoms with Gasteiger partial charge in [0.1, 0.15) is 0 Å². The first-order chi connectivity index (χ1) is 12.7. The van der Waals surface area contributed by atoms with E-state index in [0.29, 0.717) is 19.1 Å². The molecule has 2 rings (SSSR count). The summed E-state index contributed by atoms with van der Waals surface area (Å²) in [6, 6.07) is 10.3. The van der Waals surface area contributed by atoms with Crippen molar-refractivity contribution in [1.29, 1.82) is 0 Å². The van der Waals surface area contributed by atoms with Gasteiger partial charge in [0.2, 0.25) is 0 Å². The Morgan fingerprint density at radius 3 is 2.69 bits per heavy atom. The minimum absolute atomic E-state index is 0.681. The van der Waals surface area contributed by atoms with Crippen molar-refractivity contribution >= 4 is 5.96 Å². The van der Waals surface area contributed by atoms with Gasteiger partial charge in [-0.05, 0) is 17.9 Å². The third-order valence-electron chi connectivity index (χ3n) is 3.94. The highest BCUT2D eigenvalue weighted by Crippen LogP contribution is 2.04. The van der Waals surface area contributed by atoms with Gasteiger partial charge in [-0.15, -0.1) is 0 Å². The Bertz CT molecular complexity index is 651. The van der Waals surface area contributed by atoms with Crippen LogP contribution in [0.1, 0.15) is 31.4 Å². The van der Waals surface area contributed by atoms with Gasteiger partial charge in [-0.1, -0.05) is 44.2 Å². The van der Waals surface area contributed by atoms with Crippen LogP contribution in [0.2, 0.25) is 0 Å². The maximum atomic E-state index is 5.60. The largest absolute Gasteiger partial charge is 0.380 e. The van der Waals surface area contributed by atoms with Crippen LogP contribution in [-0.4, -0.2) is 42.5 Å². The van der Waals surface area contributed by atoms with E-state index < -0.39 is 0 Å². The first kappa shape index (κ1) is 20.0. The molecule has 0 aliphatic rings. The summed E-state index contributed by atoms with van der Waals surface area (Å²) in [6.07, 6.45) is 5.04. The van der Waals surface area contributed by atoms with E-state index in [1.807, 2.05) is 29.1 Å². The first-order valence-corrected chi connectivity index (χ1v) is 9.25. The molecule has 0 aliphatic carbocycles. The van der Waals surface area contributed by atoms with Gasteiger partial charge in [-0.3, -0.25) is 9.67 Å². The van der Waals surface area contributed by atoms with E-state index >= 15 is 0 Å². The third-order valence-corrected chi connectivity index (χ3v) is 3.94. The molecular formula is C20H31N5O. The van der Waals surface area contributed by atoms with E-state index in [-0.39, 0.29) is 0 Å². The van der Waals surface area contributed by atoms with Crippen LogP contribution in [0.15, 0.2) is 47.7 Å². The predicted molar refractivity (Wildman–Crippen MR) is 106 cm³/mol. The Balaban J connectivity index is 1.67. The summed E-state index contributed by atoms with van der Waals surface area (Å²) >= 11 is 0. The van der Waals surface area contributed by atoms with Crippen molar-refractivity contribution < 1.29 is 4.74 Å². The summed E-state index contributed by atoms with van der Waals surface area (Å²) < 4.78 is 7.55. The second-order valence-electron chi connectivity index (χ2n) is 6.68. The van der Waals surface area contributed by atoms with E-state index in [1.54, 1.807) is 7.05 Å². The van der Waals surface area contributed by atoms with Crippen LogP contribution in [0.25, 0.3) is 0 Å². The molecule has 6 heteroatoms. The fourth-order valence-electron chi connectivity index (χ4n) is 2.42. The lowest BCUT2D eigenvalue weighted by atomic mass is 10.1. The molecule has 26 heavy (non-hydrogen) atoms. The van der Waals surface area contributed by atoms with Crippen molar-refractivity contribution in [2.75, 3.05) is 26.8 Å². The van der Waals surface area contributed by atoms with Gasteiger partial charge >= 0.3 is 0 Å². The summed E-state index contributed by atoms with van der Waals surface area (Å²) in [4.78, 5) is 4.24. The molecule has 0 saturated heterocycles. The van der Waals surface area contributed by atoms with Crippen LogP contribution in [0.5, 0.6) is 0 Å². The molecule has 2 aromatic rings. The van der Waals surface area contributed by atoms with Crippen molar-refractivity contribution in [2.24, 2.45) is 10.9 Å². The molecule has 2 N–H and O–H groups in total. The Kier molecular flexibility index (Phi) is 8.69. The Hall–Kier alpha value is -2.34. The Morgan fingerprint density at radius 2 is 1.96 bits per heavy atom. The number of guanidine groups is 1. The minimum Gasteiger partial charge on any atom is -0.380 e. The number of rotatable bonds is 10. The molecule has 0 saturated carbocycles. The van der Waals surface area contributed by atoms with Crippen LogP contribution in [0, 0.1) is 5.92 Å². The molecule has 0 unspecified atom stereocenters. The van der Waals surface area contributed by atoms with Crippen LogP contribution in [0.4, 0.5) is 0 Å². The topological polar surface area (TPSA) is 63.5 Å². The molecule has 0 radical (unpaired) electrons. The number of nitrogens with zero attached hydrogens (tertiary/aromatic N) is 3. The zero-order chi connectivity index (χ0) is 18.6. The molecule has 0 bridgehead atoms. The third kappa shape index (κ3) is 7.70. The number of ether oxygens (including phenoxy) is 1. The molecule has 6 nitrogen and oxygen atoms in total. The van der Waals surface area contributed by atoms with E-state index in [2.05, 4.69) is 52.9 Å². The van der Waals surface area contributed by atoms with Crippen molar-refractivity contribution in [3.63, 3.8) is 0 Å². The average molecular weight is 358 g/mol. The summed E-state index contributed by atoms with van der Waals surface area (Å²) in [5.74, 6) is 1.45. The highest BCUT2D eigenvalue weighted by molar-refractivity contribution is 5.79. The highest BCUT2D eigenvalue weighted by atomic mass is 16.5. The normalized spacial score (nSPS) is 11.8. The van der Waals surface area contributed by atoms with Crippen molar-refractivity contribution in [3.8, 4) is 0 Å². The first-order valence-electron chi connectivity index (χ1n) is 9.25. The lowest BCUT2D eigenvalue weighted by molar-refractivity contribution is 0.128. The van der Waals surface area contributed by atoms with Gasteiger partial charge in [0, 0.05) is 38.5 Å².